The highest BCUT2D eigenvalue weighted by atomic mass is 19.3. The maximum Gasteiger partial charge on any atom is 0.307 e. The first kappa shape index (κ1) is 14.4. The first-order chi connectivity index (χ1) is 8.70. The molecule has 0 saturated heterocycles. The second-order valence-corrected chi connectivity index (χ2v) is 6.00. The normalized spacial score (nSPS) is 32.5. The van der Waals surface area contributed by atoms with E-state index in [2.05, 4.69) is 24.0 Å². The van der Waals surface area contributed by atoms with Crippen LogP contribution in [0, 0.1) is 11.8 Å². The van der Waals surface area contributed by atoms with Gasteiger partial charge in [0.2, 0.25) is 11.7 Å². The lowest BCUT2D eigenvalue weighted by Gasteiger charge is -2.38. The van der Waals surface area contributed by atoms with Crippen LogP contribution in [0.1, 0.15) is 51.7 Å². The fraction of sp³-hybridized carbons (Fsp3) is 0.846. The molecule has 108 valence electrons. The van der Waals surface area contributed by atoms with Crippen molar-refractivity contribution in [2.45, 2.75) is 58.0 Å². The zero-order chi connectivity index (χ0) is 14.3. The van der Waals surface area contributed by atoms with Crippen molar-refractivity contribution in [2.75, 3.05) is 0 Å². The first-order valence-electron chi connectivity index (χ1n) is 6.63. The minimum Gasteiger partial charge on any atom is -0.389 e. The second-order valence-electron chi connectivity index (χ2n) is 6.00. The van der Waals surface area contributed by atoms with E-state index in [9.17, 15) is 13.9 Å². The van der Waals surface area contributed by atoms with Crippen molar-refractivity contribution >= 4 is 0 Å². The topological polar surface area (TPSA) is 59.2 Å². The lowest BCUT2D eigenvalue weighted by molar-refractivity contribution is -0.0330. The number of hydrogen-bond acceptors (Lipinski definition) is 4. The molecule has 6 heteroatoms. The van der Waals surface area contributed by atoms with E-state index in [4.69, 9.17) is 4.52 Å². The van der Waals surface area contributed by atoms with Gasteiger partial charge in [-0.1, -0.05) is 19.0 Å². The molecule has 1 aliphatic carbocycles. The summed E-state index contributed by atoms with van der Waals surface area (Å²) in [4.78, 5) is 3.68. The molecule has 4 nitrogen and oxygen atoms in total. The van der Waals surface area contributed by atoms with Gasteiger partial charge in [-0.25, -0.2) is 0 Å². The summed E-state index contributed by atoms with van der Waals surface area (Å²) in [6.07, 6.45) is 2.34. The van der Waals surface area contributed by atoms with E-state index in [1.807, 2.05) is 0 Å². The molecule has 0 aliphatic heterocycles. The molecule has 0 bridgehead atoms. The Morgan fingerprint density at radius 3 is 2.63 bits per heavy atom. The van der Waals surface area contributed by atoms with E-state index in [1.165, 1.54) is 0 Å². The van der Waals surface area contributed by atoms with Crippen LogP contribution >= 0.6 is 0 Å². The molecule has 1 heterocycles. The highest BCUT2D eigenvalue weighted by molar-refractivity contribution is 4.99. The van der Waals surface area contributed by atoms with Gasteiger partial charge in [0.1, 0.15) is 0 Å². The van der Waals surface area contributed by atoms with Gasteiger partial charge in [0.15, 0.2) is 0 Å². The molecule has 0 aromatic carbocycles. The fourth-order valence-corrected chi connectivity index (χ4v) is 2.63. The highest BCUT2D eigenvalue weighted by Gasteiger charge is 2.38. The number of rotatable bonds is 3. The molecule has 0 spiro atoms. The van der Waals surface area contributed by atoms with E-state index in [0.29, 0.717) is 24.7 Å². The van der Waals surface area contributed by atoms with Gasteiger partial charge in [0, 0.05) is 6.92 Å². The predicted octanol–water partition coefficient (Wildman–Crippen LogP) is 2.91. The summed E-state index contributed by atoms with van der Waals surface area (Å²) in [5, 5.41) is 13.8. The van der Waals surface area contributed by atoms with Gasteiger partial charge in [-0.15, -0.1) is 0 Å². The van der Waals surface area contributed by atoms with Gasteiger partial charge < -0.3 is 9.63 Å². The molecular formula is C13H20F2N2O2. The van der Waals surface area contributed by atoms with Gasteiger partial charge in [0.05, 0.1) is 12.0 Å². The Labute approximate surface area is 111 Å². The quantitative estimate of drug-likeness (QED) is 0.920. The Balaban J connectivity index is 2.06. The van der Waals surface area contributed by atoms with Crippen molar-refractivity contribution in [1.82, 2.24) is 10.1 Å². The Bertz CT molecular complexity index is 444. The predicted molar refractivity (Wildman–Crippen MR) is 64.7 cm³/mol. The van der Waals surface area contributed by atoms with E-state index < -0.39 is 17.3 Å². The zero-order valence-electron chi connectivity index (χ0n) is 11.5. The summed E-state index contributed by atoms with van der Waals surface area (Å²) in [5.41, 5.74) is -0.918. The molecular weight excluding hydrogens is 254 g/mol. The van der Waals surface area contributed by atoms with Gasteiger partial charge in [-0.2, -0.15) is 13.8 Å². The molecule has 1 fully saturated rings. The van der Waals surface area contributed by atoms with Crippen molar-refractivity contribution in [2.24, 2.45) is 11.8 Å². The summed E-state index contributed by atoms with van der Waals surface area (Å²) in [6, 6.07) is 0. The molecule has 0 amide bonds. The van der Waals surface area contributed by atoms with Crippen LogP contribution in [0.5, 0.6) is 0 Å². The van der Waals surface area contributed by atoms with Crippen molar-refractivity contribution < 1.29 is 18.4 Å². The van der Waals surface area contributed by atoms with Crippen LogP contribution in [0.3, 0.4) is 0 Å². The molecule has 3 atom stereocenters. The molecule has 1 aliphatic rings. The highest BCUT2D eigenvalue weighted by Crippen LogP contribution is 2.38. The van der Waals surface area contributed by atoms with E-state index >= 15 is 0 Å². The van der Waals surface area contributed by atoms with Gasteiger partial charge in [0.25, 0.3) is 0 Å². The smallest absolute Gasteiger partial charge is 0.307 e. The third-order valence-electron chi connectivity index (χ3n) is 4.08. The largest absolute Gasteiger partial charge is 0.389 e. The number of nitrogens with zero attached hydrogens (tertiary/aromatic N) is 2. The third kappa shape index (κ3) is 3.29. The Morgan fingerprint density at radius 1 is 1.42 bits per heavy atom. The number of hydrogen-bond donors (Lipinski definition) is 1. The first-order valence-corrected chi connectivity index (χ1v) is 6.63. The summed E-state index contributed by atoms with van der Waals surface area (Å²) >= 11 is 0. The van der Waals surface area contributed by atoms with Gasteiger partial charge in [-0.05, 0) is 31.1 Å². The van der Waals surface area contributed by atoms with Crippen LogP contribution in [-0.2, 0) is 12.3 Å². The van der Waals surface area contributed by atoms with Crippen LogP contribution in [0.25, 0.3) is 0 Å². The van der Waals surface area contributed by atoms with Crippen LogP contribution < -0.4 is 0 Å². The van der Waals surface area contributed by atoms with Crippen molar-refractivity contribution in [3.8, 4) is 0 Å². The summed E-state index contributed by atoms with van der Waals surface area (Å²) in [6.45, 7) is 4.97. The van der Waals surface area contributed by atoms with Crippen LogP contribution in [0.2, 0.25) is 0 Å². The molecule has 0 unspecified atom stereocenters. The Morgan fingerprint density at radius 2 is 2.11 bits per heavy atom. The number of aliphatic hydroxyl groups is 1. The molecule has 2 rings (SSSR count). The maximum atomic E-state index is 13.0. The number of alkyl halides is 2. The molecule has 1 N–H and O–H groups in total. The summed E-state index contributed by atoms with van der Waals surface area (Å²) < 4.78 is 30.8. The number of aromatic nitrogens is 2. The molecule has 1 aromatic heterocycles. The number of halogens is 2. The monoisotopic (exact) mass is 274 g/mol. The minimum absolute atomic E-state index is 0.0841. The van der Waals surface area contributed by atoms with Crippen molar-refractivity contribution in [3.63, 3.8) is 0 Å². The third-order valence-corrected chi connectivity index (χ3v) is 4.08. The zero-order valence-corrected chi connectivity index (χ0v) is 11.5. The Hall–Kier alpha value is -1.04. The standard InChI is InChI=1S/C13H20F2N2O2/c1-8-4-5-13(18,6-9(8)2)7-10-16-11(17-19-10)12(3,14)15/h8-9,18H,4-7H2,1-3H3/t8-,9-,13+/m1/s1. The van der Waals surface area contributed by atoms with Gasteiger partial charge in [-0.3, -0.25) is 0 Å². The molecule has 19 heavy (non-hydrogen) atoms. The average Bonchev–Trinajstić information content (AvgIpc) is 2.72. The van der Waals surface area contributed by atoms with Gasteiger partial charge >= 0.3 is 5.92 Å². The van der Waals surface area contributed by atoms with E-state index in [-0.39, 0.29) is 12.3 Å². The lowest BCUT2D eigenvalue weighted by Crippen LogP contribution is -2.39. The van der Waals surface area contributed by atoms with E-state index in [0.717, 1.165) is 13.3 Å². The van der Waals surface area contributed by atoms with Crippen LogP contribution in [-0.4, -0.2) is 20.8 Å². The van der Waals surface area contributed by atoms with Crippen molar-refractivity contribution in [3.05, 3.63) is 11.7 Å². The van der Waals surface area contributed by atoms with Crippen LogP contribution in [0.4, 0.5) is 8.78 Å². The summed E-state index contributed by atoms with van der Waals surface area (Å²) in [5.74, 6) is -2.69. The molecule has 0 radical (unpaired) electrons. The van der Waals surface area contributed by atoms with Crippen molar-refractivity contribution in [1.29, 1.82) is 0 Å². The maximum absolute atomic E-state index is 13.0. The van der Waals surface area contributed by atoms with Crippen LogP contribution in [0.15, 0.2) is 4.52 Å². The minimum atomic E-state index is -3.11. The summed E-state index contributed by atoms with van der Waals surface area (Å²) in [7, 11) is 0. The lowest BCUT2D eigenvalue weighted by atomic mass is 9.72. The molecule has 1 aromatic rings. The molecule has 1 saturated carbocycles. The fourth-order valence-electron chi connectivity index (χ4n) is 2.63. The SMILES string of the molecule is C[C@@H]1CC[C@@](O)(Cc2nc(C(C)(F)F)no2)C[C@H]1C. The average molecular weight is 274 g/mol. The van der Waals surface area contributed by atoms with E-state index in [1.54, 1.807) is 0 Å². The Kier molecular flexibility index (Phi) is 3.64. The second kappa shape index (κ2) is 4.81.